The van der Waals surface area contributed by atoms with Gasteiger partial charge in [-0.25, -0.2) is 4.79 Å². The summed E-state index contributed by atoms with van der Waals surface area (Å²) in [7, 11) is 0. The number of ketones is 1. The quantitative estimate of drug-likeness (QED) is 0.200. The number of likely N-dealkylation sites (tertiary alicyclic amines) is 1. The number of nitrogens with zero attached hydrogens (tertiary/aromatic N) is 1. The number of rotatable bonds is 13. The number of carbonyl (C=O) groups excluding carboxylic acids is 5. The molecule has 0 bridgehead atoms. The molecule has 0 radical (unpaired) electrons. The number of fused-ring (bicyclic) bond motifs is 2. The van der Waals surface area contributed by atoms with Crippen LogP contribution in [0, 0.1) is 23.2 Å². The normalized spacial score (nSPS) is 22.0. The van der Waals surface area contributed by atoms with Crippen LogP contribution in [0.3, 0.4) is 0 Å². The van der Waals surface area contributed by atoms with Crippen LogP contribution < -0.4 is 21.3 Å². The van der Waals surface area contributed by atoms with Gasteiger partial charge in [-0.05, 0) is 72.1 Å². The molecule has 2 aromatic rings. The molecule has 2 fully saturated rings. The Morgan fingerprint density at radius 3 is 2.22 bits per heavy atom. The summed E-state index contributed by atoms with van der Waals surface area (Å²) in [6, 6.07) is 13.7. The summed E-state index contributed by atoms with van der Waals surface area (Å²) in [6.45, 7) is 11.9. The first-order valence-electron chi connectivity index (χ1n) is 15.9. The smallest absolute Gasteiger partial charge is 0.319 e. The number of benzene rings is 2. The SMILES string of the molecule is C=CCCC(NC(=O)[C@@H]1C2C(CN1C(=O)[C@@H](NC(=O)Nc1ccccc1)C1Cc3ccccc3C1)C2(C)C)C(=O)C(=O)NCC=C. The molecule has 2 aliphatic carbocycles. The summed E-state index contributed by atoms with van der Waals surface area (Å²) in [5, 5.41) is 11.1. The van der Waals surface area contributed by atoms with Crippen LogP contribution in [0.1, 0.15) is 37.8 Å². The van der Waals surface area contributed by atoms with Gasteiger partial charge in [0.25, 0.3) is 5.91 Å². The molecule has 242 valence electrons. The lowest BCUT2D eigenvalue weighted by Crippen LogP contribution is -2.60. The number of piperidine rings is 1. The van der Waals surface area contributed by atoms with Gasteiger partial charge >= 0.3 is 6.03 Å². The second-order valence-electron chi connectivity index (χ2n) is 13.1. The van der Waals surface area contributed by atoms with Crippen LogP contribution >= 0.6 is 0 Å². The largest absolute Gasteiger partial charge is 0.346 e. The summed E-state index contributed by atoms with van der Waals surface area (Å²) in [6.07, 6.45) is 4.90. The van der Waals surface area contributed by atoms with Gasteiger partial charge in [0.1, 0.15) is 12.1 Å². The molecule has 1 heterocycles. The van der Waals surface area contributed by atoms with E-state index >= 15 is 0 Å². The van der Waals surface area contributed by atoms with Crippen molar-refractivity contribution in [2.45, 2.75) is 57.7 Å². The predicted molar refractivity (Wildman–Crippen MR) is 176 cm³/mol. The number of amides is 5. The highest BCUT2D eigenvalue weighted by Gasteiger charge is 2.69. The van der Waals surface area contributed by atoms with Crippen LogP contribution in [-0.2, 0) is 32.0 Å². The van der Waals surface area contributed by atoms with Crippen LogP contribution in [0.4, 0.5) is 10.5 Å². The third-order valence-electron chi connectivity index (χ3n) is 9.82. The van der Waals surface area contributed by atoms with Crippen molar-refractivity contribution in [3.8, 4) is 0 Å². The topological polar surface area (TPSA) is 137 Å². The van der Waals surface area contributed by atoms with E-state index in [0.717, 1.165) is 11.1 Å². The maximum absolute atomic E-state index is 14.5. The second kappa shape index (κ2) is 13.7. The predicted octanol–water partition coefficient (Wildman–Crippen LogP) is 3.40. The Labute approximate surface area is 270 Å². The highest BCUT2D eigenvalue weighted by Crippen LogP contribution is 2.65. The number of anilines is 1. The first-order chi connectivity index (χ1) is 22.1. The first-order valence-corrected chi connectivity index (χ1v) is 15.9. The van der Waals surface area contributed by atoms with Gasteiger partial charge in [0, 0.05) is 18.8 Å². The molecule has 1 saturated heterocycles. The van der Waals surface area contributed by atoms with Crippen molar-refractivity contribution in [1.82, 2.24) is 20.9 Å². The summed E-state index contributed by atoms with van der Waals surface area (Å²) in [5.74, 6) is -2.64. The van der Waals surface area contributed by atoms with Gasteiger partial charge in [-0.2, -0.15) is 0 Å². The Morgan fingerprint density at radius 2 is 1.59 bits per heavy atom. The average Bonchev–Trinajstić information content (AvgIpc) is 3.40. The van der Waals surface area contributed by atoms with Crippen molar-refractivity contribution in [2.75, 3.05) is 18.4 Å². The van der Waals surface area contributed by atoms with E-state index in [4.69, 9.17) is 0 Å². The van der Waals surface area contributed by atoms with Crippen LogP contribution in [-0.4, -0.2) is 65.7 Å². The number of urea groups is 1. The summed E-state index contributed by atoms with van der Waals surface area (Å²) < 4.78 is 0. The Bertz CT molecular complexity index is 1500. The highest BCUT2D eigenvalue weighted by atomic mass is 16.2. The lowest BCUT2D eigenvalue weighted by Gasteiger charge is -2.35. The molecule has 3 aliphatic rings. The lowest BCUT2D eigenvalue weighted by molar-refractivity contribution is -0.144. The zero-order valence-corrected chi connectivity index (χ0v) is 26.5. The van der Waals surface area contributed by atoms with Crippen LogP contribution in [0.25, 0.3) is 0 Å². The minimum Gasteiger partial charge on any atom is -0.346 e. The maximum atomic E-state index is 14.5. The van der Waals surface area contributed by atoms with Crippen molar-refractivity contribution in [1.29, 1.82) is 0 Å². The summed E-state index contributed by atoms with van der Waals surface area (Å²) in [5.41, 5.74) is 2.68. The molecule has 10 heteroatoms. The molecule has 5 amide bonds. The number of Topliss-reactive ketones (excluding diaryl/α,β-unsaturated/α-hetero) is 1. The van der Waals surface area contributed by atoms with Crippen molar-refractivity contribution in [3.05, 3.63) is 91.0 Å². The molecule has 4 N–H and O–H groups in total. The second-order valence-corrected chi connectivity index (χ2v) is 13.1. The van der Waals surface area contributed by atoms with Gasteiger partial charge in [-0.1, -0.05) is 68.5 Å². The number of allylic oxidation sites excluding steroid dienone is 1. The van der Waals surface area contributed by atoms with E-state index in [2.05, 4.69) is 48.3 Å². The Morgan fingerprint density at radius 1 is 0.935 bits per heavy atom. The van der Waals surface area contributed by atoms with Crippen molar-refractivity contribution in [3.63, 3.8) is 0 Å². The van der Waals surface area contributed by atoms with E-state index < -0.39 is 41.8 Å². The number of carbonyl (C=O) groups is 5. The van der Waals surface area contributed by atoms with Crippen molar-refractivity contribution >= 4 is 35.2 Å². The van der Waals surface area contributed by atoms with Gasteiger partial charge in [-0.3, -0.25) is 19.2 Å². The lowest BCUT2D eigenvalue weighted by atomic mass is 9.93. The minimum absolute atomic E-state index is 0.0880. The number of nitrogens with one attached hydrogen (secondary N) is 4. The van der Waals surface area contributed by atoms with Crippen molar-refractivity contribution < 1.29 is 24.0 Å². The zero-order chi connectivity index (χ0) is 33.0. The molecular weight excluding hydrogens is 582 g/mol. The van der Waals surface area contributed by atoms with Gasteiger partial charge in [-0.15, -0.1) is 13.2 Å². The van der Waals surface area contributed by atoms with Crippen LogP contribution in [0.2, 0.25) is 0 Å². The molecule has 1 saturated carbocycles. The molecule has 3 unspecified atom stereocenters. The minimum atomic E-state index is -1.08. The molecule has 0 spiro atoms. The third kappa shape index (κ3) is 6.76. The number of para-hydroxylation sites is 1. The fourth-order valence-corrected chi connectivity index (χ4v) is 7.25. The average molecular weight is 626 g/mol. The Hall–Kier alpha value is -4.73. The van der Waals surface area contributed by atoms with Gasteiger partial charge in [0.15, 0.2) is 0 Å². The standard InChI is InChI=1S/C36H43N5O5/c1-5-7-17-27(31(42)33(44)37-18-6-2)39-32(43)30-28-26(36(28,3)4)21-41(30)34(45)29(24-19-22-13-11-12-14-23(22)20-24)40-35(46)38-25-15-9-8-10-16-25/h5-6,8-16,24,26-30H,1-2,7,17-21H2,3-4H3,(H,37,44)(H,39,43)(H2,38,40,46)/t26?,27?,28?,29-,30-/m0/s1. The Kier molecular flexibility index (Phi) is 9.74. The summed E-state index contributed by atoms with van der Waals surface area (Å²) in [4.78, 5) is 69.0. The fourth-order valence-electron chi connectivity index (χ4n) is 7.25. The molecule has 2 aromatic carbocycles. The van der Waals surface area contributed by atoms with E-state index in [1.165, 1.54) is 6.08 Å². The van der Waals surface area contributed by atoms with E-state index in [9.17, 15) is 24.0 Å². The fraction of sp³-hybridized carbons (Fsp3) is 0.417. The first kappa shape index (κ1) is 32.7. The van der Waals surface area contributed by atoms with Crippen LogP contribution in [0.5, 0.6) is 0 Å². The van der Waals surface area contributed by atoms with Crippen molar-refractivity contribution in [2.24, 2.45) is 23.2 Å². The monoisotopic (exact) mass is 625 g/mol. The molecular formula is C36H43N5O5. The third-order valence-corrected chi connectivity index (χ3v) is 9.82. The van der Waals surface area contributed by atoms with Crippen LogP contribution in [0.15, 0.2) is 79.9 Å². The molecule has 46 heavy (non-hydrogen) atoms. The molecule has 10 nitrogen and oxygen atoms in total. The van der Waals surface area contributed by atoms with E-state index in [1.54, 1.807) is 23.1 Å². The van der Waals surface area contributed by atoms with E-state index in [1.807, 2.05) is 42.5 Å². The molecule has 5 rings (SSSR count). The van der Waals surface area contributed by atoms with Gasteiger partial charge in [0.2, 0.25) is 17.6 Å². The van der Waals surface area contributed by atoms with E-state index in [-0.39, 0.29) is 42.0 Å². The van der Waals surface area contributed by atoms with Gasteiger partial charge in [0.05, 0.1) is 6.04 Å². The number of hydrogen-bond acceptors (Lipinski definition) is 5. The highest BCUT2D eigenvalue weighted by molar-refractivity contribution is 6.38. The van der Waals surface area contributed by atoms with Gasteiger partial charge < -0.3 is 26.2 Å². The summed E-state index contributed by atoms with van der Waals surface area (Å²) >= 11 is 0. The maximum Gasteiger partial charge on any atom is 0.319 e. The molecule has 5 atom stereocenters. The number of hydrogen-bond donors (Lipinski definition) is 4. The Balaban J connectivity index is 1.39. The molecule has 0 aromatic heterocycles. The molecule has 1 aliphatic heterocycles. The zero-order valence-electron chi connectivity index (χ0n) is 26.5. The van der Waals surface area contributed by atoms with E-state index in [0.29, 0.717) is 31.5 Å².